The number of hydrogen-bond acceptors (Lipinski definition) is 4. The molecule has 0 unspecified atom stereocenters. The lowest BCUT2D eigenvalue weighted by Gasteiger charge is -2.36. The molecule has 1 aromatic carbocycles. The van der Waals surface area contributed by atoms with Gasteiger partial charge < -0.3 is 4.74 Å². The summed E-state index contributed by atoms with van der Waals surface area (Å²) in [5, 5.41) is 4.61. The zero-order chi connectivity index (χ0) is 19.5. The Hall–Kier alpha value is -1.85. The van der Waals surface area contributed by atoms with Gasteiger partial charge >= 0.3 is 0 Å². The van der Waals surface area contributed by atoms with Crippen LogP contribution in [0.4, 0.5) is 0 Å². The fourth-order valence-corrected chi connectivity index (χ4v) is 4.88. The lowest BCUT2D eigenvalue weighted by atomic mass is 9.94. The number of fused-ring (bicyclic) bond motifs is 4. The van der Waals surface area contributed by atoms with Crippen molar-refractivity contribution in [2.75, 3.05) is 26.7 Å². The normalized spacial score (nSPS) is 23.1. The summed E-state index contributed by atoms with van der Waals surface area (Å²) in [5.74, 6) is 1.72. The molecule has 0 amide bonds. The molecule has 0 radical (unpaired) electrons. The van der Waals surface area contributed by atoms with Crippen molar-refractivity contribution in [2.24, 2.45) is 5.92 Å². The molecule has 0 aliphatic carbocycles. The Bertz CT molecular complexity index is 769. The van der Waals surface area contributed by atoms with Gasteiger partial charge in [0.15, 0.2) is 0 Å². The topological polar surface area (TPSA) is 33.5 Å². The van der Waals surface area contributed by atoms with Gasteiger partial charge in [-0.15, -0.1) is 0 Å². The lowest BCUT2D eigenvalue weighted by Crippen LogP contribution is -2.43. The van der Waals surface area contributed by atoms with Gasteiger partial charge in [-0.3, -0.25) is 14.5 Å². The van der Waals surface area contributed by atoms with Crippen LogP contribution in [0.25, 0.3) is 0 Å². The van der Waals surface area contributed by atoms with E-state index in [0.29, 0.717) is 6.04 Å². The number of aryl methyl sites for hydroxylation is 1. The first kappa shape index (κ1) is 19.5. The SMILES string of the molecule is CCCn1ncc(CN2C[C@H]3CC[C@@H]2CN(Cc2ccc(OC)cc2)C3)c1C. The number of rotatable bonds is 7. The van der Waals surface area contributed by atoms with Gasteiger partial charge in [0.2, 0.25) is 0 Å². The number of piperidine rings is 1. The second kappa shape index (κ2) is 8.66. The van der Waals surface area contributed by atoms with E-state index in [1.165, 1.54) is 49.3 Å². The van der Waals surface area contributed by atoms with E-state index in [1.54, 1.807) is 7.11 Å². The van der Waals surface area contributed by atoms with Gasteiger partial charge in [-0.25, -0.2) is 0 Å². The molecule has 0 N–H and O–H groups in total. The van der Waals surface area contributed by atoms with Gasteiger partial charge in [0, 0.05) is 56.6 Å². The van der Waals surface area contributed by atoms with Gasteiger partial charge in [0.05, 0.1) is 13.3 Å². The van der Waals surface area contributed by atoms with Crippen LogP contribution in [0, 0.1) is 12.8 Å². The van der Waals surface area contributed by atoms with Gasteiger partial charge in [0.1, 0.15) is 5.75 Å². The average molecular weight is 383 g/mol. The fraction of sp³-hybridized carbons (Fsp3) is 0.609. The summed E-state index contributed by atoms with van der Waals surface area (Å²) in [7, 11) is 1.73. The molecule has 5 rings (SSSR count). The van der Waals surface area contributed by atoms with E-state index in [1.807, 2.05) is 0 Å². The smallest absolute Gasteiger partial charge is 0.118 e. The Balaban J connectivity index is 1.41. The first-order chi connectivity index (χ1) is 13.7. The van der Waals surface area contributed by atoms with E-state index in [-0.39, 0.29) is 0 Å². The minimum atomic E-state index is 0.658. The zero-order valence-corrected chi connectivity index (χ0v) is 17.6. The number of ether oxygens (including phenoxy) is 1. The molecule has 5 heteroatoms. The van der Waals surface area contributed by atoms with Crippen molar-refractivity contribution in [3.8, 4) is 5.75 Å². The highest BCUT2D eigenvalue weighted by Gasteiger charge is 2.35. The molecule has 3 fully saturated rings. The van der Waals surface area contributed by atoms with Crippen LogP contribution in [-0.4, -0.2) is 52.4 Å². The van der Waals surface area contributed by atoms with Crippen molar-refractivity contribution in [3.63, 3.8) is 0 Å². The quantitative estimate of drug-likeness (QED) is 0.731. The molecule has 2 bridgehead atoms. The predicted molar refractivity (Wildman–Crippen MR) is 112 cm³/mol. The van der Waals surface area contributed by atoms with E-state index in [2.05, 4.69) is 63.9 Å². The summed E-state index contributed by atoms with van der Waals surface area (Å²) in [6.07, 6.45) is 5.93. The third-order valence-electron chi connectivity index (χ3n) is 6.48. The van der Waals surface area contributed by atoms with Crippen molar-refractivity contribution in [1.29, 1.82) is 0 Å². The molecular weight excluding hydrogens is 348 g/mol. The number of nitrogens with zero attached hydrogens (tertiary/aromatic N) is 4. The molecule has 28 heavy (non-hydrogen) atoms. The van der Waals surface area contributed by atoms with Gasteiger partial charge in [-0.2, -0.15) is 5.10 Å². The highest BCUT2D eigenvalue weighted by Crippen LogP contribution is 2.30. The molecule has 2 aromatic rings. The van der Waals surface area contributed by atoms with Crippen LogP contribution >= 0.6 is 0 Å². The molecule has 152 valence electrons. The van der Waals surface area contributed by atoms with Gasteiger partial charge in [-0.05, 0) is 49.8 Å². The Morgan fingerprint density at radius 1 is 1.07 bits per heavy atom. The monoisotopic (exact) mass is 382 g/mol. The lowest BCUT2D eigenvalue weighted by molar-refractivity contribution is 0.123. The average Bonchev–Trinajstić information content (AvgIpc) is 2.86. The van der Waals surface area contributed by atoms with Crippen molar-refractivity contribution in [3.05, 3.63) is 47.3 Å². The first-order valence-electron chi connectivity index (χ1n) is 10.8. The van der Waals surface area contributed by atoms with Crippen LogP contribution < -0.4 is 4.74 Å². The molecule has 2 atom stereocenters. The Morgan fingerprint density at radius 2 is 1.89 bits per heavy atom. The van der Waals surface area contributed by atoms with E-state index in [9.17, 15) is 0 Å². The van der Waals surface area contributed by atoms with E-state index < -0.39 is 0 Å². The van der Waals surface area contributed by atoms with Crippen LogP contribution in [0.15, 0.2) is 30.5 Å². The zero-order valence-electron chi connectivity index (χ0n) is 17.6. The van der Waals surface area contributed by atoms with Crippen molar-refractivity contribution in [2.45, 2.75) is 58.8 Å². The predicted octanol–water partition coefficient (Wildman–Crippen LogP) is 3.71. The molecule has 3 aliphatic rings. The largest absolute Gasteiger partial charge is 0.497 e. The van der Waals surface area contributed by atoms with Crippen molar-refractivity contribution in [1.82, 2.24) is 19.6 Å². The Labute approximate surface area is 169 Å². The fourth-order valence-electron chi connectivity index (χ4n) is 4.88. The summed E-state index contributed by atoms with van der Waals surface area (Å²) >= 11 is 0. The van der Waals surface area contributed by atoms with Crippen molar-refractivity contribution < 1.29 is 4.74 Å². The third kappa shape index (κ3) is 4.26. The second-order valence-corrected chi connectivity index (χ2v) is 8.55. The minimum absolute atomic E-state index is 0.658. The summed E-state index contributed by atoms with van der Waals surface area (Å²) in [6.45, 7) is 11.2. The summed E-state index contributed by atoms with van der Waals surface area (Å²) in [6, 6.07) is 9.21. The van der Waals surface area contributed by atoms with Crippen LogP contribution in [0.2, 0.25) is 0 Å². The van der Waals surface area contributed by atoms with Crippen molar-refractivity contribution >= 4 is 0 Å². The number of hydrogen-bond donors (Lipinski definition) is 0. The molecule has 5 nitrogen and oxygen atoms in total. The molecular formula is C23H34N4O. The molecule has 1 aromatic heterocycles. The molecule has 3 aliphatic heterocycles. The highest BCUT2D eigenvalue weighted by atomic mass is 16.5. The third-order valence-corrected chi connectivity index (χ3v) is 6.48. The van der Waals surface area contributed by atoms with E-state index in [4.69, 9.17) is 4.74 Å². The maximum absolute atomic E-state index is 5.29. The maximum atomic E-state index is 5.29. The summed E-state index contributed by atoms with van der Waals surface area (Å²) in [4.78, 5) is 5.39. The highest BCUT2D eigenvalue weighted by molar-refractivity contribution is 5.27. The summed E-state index contributed by atoms with van der Waals surface area (Å²) in [5.41, 5.74) is 4.13. The first-order valence-corrected chi connectivity index (χ1v) is 10.8. The molecule has 0 saturated carbocycles. The van der Waals surface area contributed by atoms with Crippen LogP contribution in [0.3, 0.4) is 0 Å². The molecule has 0 spiro atoms. The number of methoxy groups -OCH3 is 1. The Morgan fingerprint density at radius 3 is 2.64 bits per heavy atom. The van der Waals surface area contributed by atoms with E-state index >= 15 is 0 Å². The Kier molecular flexibility index (Phi) is 6.02. The second-order valence-electron chi connectivity index (χ2n) is 8.55. The number of benzene rings is 1. The van der Waals surface area contributed by atoms with Crippen LogP contribution in [0.5, 0.6) is 5.75 Å². The van der Waals surface area contributed by atoms with Gasteiger partial charge in [0.25, 0.3) is 0 Å². The summed E-state index contributed by atoms with van der Waals surface area (Å²) < 4.78 is 7.46. The van der Waals surface area contributed by atoms with Gasteiger partial charge in [-0.1, -0.05) is 19.1 Å². The van der Waals surface area contributed by atoms with E-state index in [0.717, 1.165) is 37.7 Å². The number of aromatic nitrogens is 2. The molecule has 3 saturated heterocycles. The van der Waals surface area contributed by atoms with Crippen LogP contribution in [0.1, 0.15) is 43.0 Å². The van der Waals surface area contributed by atoms with Crippen LogP contribution in [-0.2, 0) is 19.6 Å². The standard InChI is InChI=1S/C23H34N4O/c1-4-11-27-18(2)21(12-24-27)16-26-15-20-5-8-22(26)17-25(14-20)13-19-6-9-23(28-3)10-7-19/h6-7,9-10,12,20,22H,4-5,8,11,13-17H2,1-3H3/t20-,22+/m0/s1. The minimum Gasteiger partial charge on any atom is -0.497 e. The molecule has 4 heterocycles. The maximum Gasteiger partial charge on any atom is 0.118 e.